The number of nitrogens with one attached hydrogen (secondary N) is 2. The van der Waals surface area contributed by atoms with Crippen molar-refractivity contribution in [2.45, 2.75) is 6.92 Å². The predicted octanol–water partition coefficient (Wildman–Crippen LogP) is 3.42. The monoisotopic (exact) mass is 359 g/mol. The van der Waals surface area contributed by atoms with Crippen molar-refractivity contribution >= 4 is 40.3 Å². The van der Waals surface area contributed by atoms with Crippen molar-refractivity contribution in [1.29, 1.82) is 0 Å². The van der Waals surface area contributed by atoms with E-state index in [4.69, 9.17) is 16.7 Å². The van der Waals surface area contributed by atoms with E-state index in [1.54, 1.807) is 24.4 Å². The molecule has 3 aromatic rings. The van der Waals surface area contributed by atoms with Gasteiger partial charge in [-0.2, -0.15) is 0 Å². The zero-order valence-corrected chi connectivity index (χ0v) is 13.9. The molecule has 3 N–H and O–H groups in total. The summed E-state index contributed by atoms with van der Waals surface area (Å²) in [4.78, 5) is 31.0. The van der Waals surface area contributed by atoms with Crippen molar-refractivity contribution in [2.24, 2.45) is 0 Å². The zero-order valence-electron chi connectivity index (χ0n) is 13.2. The Morgan fingerprint density at radius 3 is 2.76 bits per heavy atom. The van der Waals surface area contributed by atoms with E-state index in [-0.39, 0.29) is 6.03 Å². The van der Waals surface area contributed by atoms with Gasteiger partial charge in [-0.1, -0.05) is 17.7 Å². The largest absolute Gasteiger partial charge is 0.464 e. The molecule has 128 valence electrons. The molecule has 25 heavy (non-hydrogen) atoms. The molecule has 0 aliphatic rings. The normalized spacial score (nSPS) is 10.6. The lowest BCUT2D eigenvalue weighted by Crippen LogP contribution is -2.28. The number of nitrogens with zero attached hydrogens (tertiary/aromatic N) is 3. The number of aromatic nitrogens is 3. The number of hydrogen-bond donors (Lipinski definition) is 3. The molecule has 0 unspecified atom stereocenters. The third-order valence-electron chi connectivity index (χ3n) is 3.51. The van der Waals surface area contributed by atoms with Crippen LogP contribution < -0.4 is 10.6 Å². The molecule has 0 fully saturated rings. The van der Waals surface area contributed by atoms with Crippen LogP contribution in [-0.2, 0) is 0 Å². The van der Waals surface area contributed by atoms with Crippen molar-refractivity contribution in [3.8, 4) is 11.3 Å². The molecule has 0 saturated heterocycles. The maximum absolute atomic E-state index is 11.7. The Kier molecular flexibility index (Phi) is 4.53. The van der Waals surface area contributed by atoms with Crippen LogP contribution in [0.5, 0.6) is 0 Å². The van der Waals surface area contributed by atoms with E-state index in [1.807, 2.05) is 6.92 Å². The molecule has 8 nitrogen and oxygen atoms in total. The van der Waals surface area contributed by atoms with Crippen molar-refractivity contribution in [3.05, 3.63) is 41.9 Å². The van der Waals surface area contributed by atoms with Crippen LogP contribution in [0, 0.1) is 0 Å². The molecule has 0 saturated carbocycles. The molecule has 2 heterocycles. The second-order valence-corrected chi connectivity index (χ2v) is 5.55. The van der Waals surface area contributed by atoms with E-state index < -0.39 is 6.09 Å². The number of rotatable bonds is 3. The van der Waals surface area contributed by atoms with E-state index in [0.717, 1.165) is 4.57 Å². The molecular weight excluding hydrogens is 346 g/mol. The van der Waals surface area contributed by atoms with Gasteiger partial charge in [-0.25, -0.2) is 24.1 Å². The van der Waals surface area contributed by atoms with Gasteiger partial charge in [-0.05, 0) is 24.4 Å². The van der Waals surface area contributed by atoms with Gasteiger partial charge in [0.1, 0.15) is 12.1 Å². The summed E-state index contributed by atoms with van der Waals surface area (Å²) in [5.41, 5.74) is 1.15. The fourth-order valence-corrected chi connectivity index (χ4v) is 2.60. The molecule has 0 radical (unpaired) electrons. The lowest BCUT2D eigenvalue weighted by molar-refractivity contribution is 0.196. The van der Waals surface area contributed by atoms with Gasteiger partial charge in [0.05, 0.1) is 5.69 Å². The third kappa shape index (κ3) is 3.38. The summed E-state index contributed by atoms with van der Waals surface area (Å²) in [5.74, 6) is 0.347. The van der Waals surface area contributed by atoms with E-state index in [1.165, 1.54) is 12.5 Å². The highest BCUT2D eigenvalue weighted by molar-refractivity contribution is 6.36. The lowest BCUT2D eigenvalue weighted by atomic mass is 10.0. The first-order valence-electron chi connectivity index (χ1n) is 7.40. The topological polar surface area (TPSA) is 109 Å². The molecule has 0 spiro atoms. The number of carbonyl (C=O) groups is 2. The SMILES string of the molecule is CCNC(=O)Nc1cc2c(-c3cn(C(=O)O)cn3)ccc(Cl)c2cn1. The molecule has 3 rings (SSSR count). The minimum atomic E-state index is -1.13. The number of hydrogen-bond acceptors (Lipinski definition) is 4. The number of urea groups is 1. The summed E-state index contributed by atoms with van der Waals surface area (Å²) in [7, 11) is 0. The number of imidazole rings is 1. The molecule has 2 aromatic heterocycles. The molecule has 0 atom stereocenters. The van der Waals surface area contributed by atoms with Crippen LogP contribution >= 0.6 is 11.6 Å². The van der Waals surface area contributed by atoms with Crippen molar-refractivity contribution in [3.63, 3.8) is 0 Å². The van der Waals surface area contributed by atoms with Gasteiger partial charge in [-0.15, -0.1) is 0 Å². The second kappa shape index (κ2) is 6.78. The van der Waals surface area contributed by atoms with Gasteiger partial charge in [0.25, 0.3) is 0 Å². The quantitative estimate of drug-likeness (QED) is 0.663. The lowest BCUT2D eigenvalue weighted by Gasteiger charge is -2.09. The standard InChI is InChI=1S/C16H14ClN5O3/c1-2-18-15(23)21-14-5-10-9(3-4-12(17)11(10)6-19-14)13-7-22(8-20-13)16(24)25/h3-8H,2H2,1H3,(H,24,25)(H2,18,19,21,23). The molecule has 0 aliphatic carbocycles. The molecule has 2 amide bonds. The second-order valence-electron chi connectivity index (χ2n) is 5.14. The smallest absolute Gasteiger partial charge is 0.416 e. The fraction of sp³-hybridized carbons (Fsp3) is 0.125. The first-order valence-corrected chi connectivity index (χ1v) is 7.78. The van der Waals surface area contributed by atoms with Crippen LogP contribution in [0.1, 0.15) is 6.92 Å². The Morgan fingerprint density at radius 2 is 2.08 bits per heavy atom. The van der Waals surface area contributed by atoms with E-state index >= 15 is 0 Å². The Morgan fingerprint density at radius 1 is 1.28 bits per heavy atom. The first kappa shape index (κ1) is 16.7. The fourth-order valence-electron chi connectivity index (χ4n) is 2.38. The van der Waals surface area contributed by atoms with Crippen LogP contribution in [0.2, 0.25) is 5.02 Å². The Labute approximate surface area is 147 Å². The van der Waals surface area contributed by atoms with E-state index in [2.05, 4.69) is 20.6 Å². The molecule has 1 aromatic carbocycles. The van der Waals surface area contributed by atoms with Crippen LogP contribution in [0.15, 0.2) is 36.9 Å². The average molecular weight is 360 g/mol. The van der Waals surface area contributed by atoms with Gasteiger partial charge in [0.2, 0.25) is 0 Å². The number of pyridine rings is 1. The number of fused-ring (bicyclic) bond motifs is 1. The predicted molar refractivity (Wildman–Crippen MR) is 94.1 cm³/mol. The molecule has 0 bridgehead atoms. The van der Waals surface area contributed by atoms with Gasteiger partial charge >= 0.3 is 12.1 Å². The summed E-state index contributed by atoms with van der Waals surface area (Å²) >= 11 is 6.22. The molecular formula is C16H14ClN5O3. The summed E-state index contributed by atoms with van der Waals surface area (Å²) in [6.07, 6.45) is 3.05. The number of carbonyl (C=O) groups excluding carboxylic acids is 1. The number of halogens is 1. The Bertz CT molecular complexity index is 970. The van der Waals surface area contributed by atoms with Crippen molar-refractivity contribution < 1.29 is 14.7 Å². The van der Waals surface area contributed by atoms with Gasteiger partial charge in [-0.3, -0.25) is 5.32 Å². The maximum Gasteiger partial charge on any atom is 0.416 e. The number of amides is 2. The highest BCUT2D eigenvalue weighted by Crippen LogP contribution is 2.33. The van der Waals surface area contributed by atoms with E-state index in [0.29, 0.717) is 39.4 Å². The van der Waals surface area contributed by atoms with Crippen molar-refractivity contribution in [1.82, 2.24) is 19.9 Å². The van der Waals surface area contributed by atoms with Gasteiger partial charge < -0.3 is 10.4 Å². The minimum Gasteiger partial charge on any atom is -0.464 e. The highest BCUT2D eigenvalue weighted by Gasteiger charge is 2.13. The average Bonchev–Trinajstić information content (AvgIpc) is 3.05. The van der Waals surface area contributed by atoms with Crippen LogP contribution in [0.4, 0.5) is 15.4 Å². The third-order valence-corrected chi connectivity index (χ3v) is 3.84. The van der Waals surface area contributed by atoms with Gasteiger partial charge in [0.15, 0.2) is 0 Å². The summed E-state index contributed by atoms with van der Waals surface area (Å²) in [6.45, 7) is 2.30. The molecule has 9 heteroatoms. The summed E-state index contributed by atoms with van der Waals surface area (Å²) in [6, 6.07) is 4.74. The number of carboxylic acid groups (broad SMARTS) is 1. The van der Waals surface area contributed by atoms with Crippen LogP contribution in [0.3, 0.4) is 0 Å². The van der Waals surface area contributed by atoms with E-state index in [9.17, 15) is 9.59 Å². The van der Waals surface area contributed by atoms with Crippen LogP contribution in [0.25, 0.3) is 22.0 Å². The summed E-state index contributed by atoms with van der Waals surface area (Å²) in [5, 5.41) is 16.1. The summed E-state index contributed by atoms with van der Waals surface area (Å²) < 4.78 is 0.963. The zero-order chi connectivity index (χ0) is 18.0. The Hall–Kier alpha value is -3.13. The van der Waals surface area contributed by atoms with Crippen LogP contribution in [-0.4, -0.2) is 38.3 Å². The first-order chi connectivity index (χ1) is 12.0. The van der Waals surface area contributed by atoms with Crippen molar-refractivity contribution in [2.75, 3.05) is 11.9 Å². The Balaban J connectivity index is 2.09. The number of anilines is 1. The van der Waals surface area contributed by atoms with Gasteiger partial charge in [0, 0.05) is 34.9 Å². The minimum absolute atomic E-state index is 0.347. The number of benzene rings is 1. The molecule has 0 aliphatic heterocycles. The maximum atomic E-state index is 11.7. The highest BCUT2D eigenvalue weighted by atomic mass is 35.5.